The first kappa shape index (κ1) is 20.7. The van der Waals surface area contributed by atoms with Crippen LogP contribution in [0.5, 0.6) is 17.2 Å². The van der Waals surface area contributed by atoms with Crippen LogP contribution >= 0.6 is 11.6 Å². The highest BCUT2D eigenvalue weighted by molar-refractivity contribution is 7.89. The number of ether oxygens (including phenoxy) is 2. The number of nitrogens with one attached hydrogen (secondary N) is 1. The fraction of sp³-hybridized carbons (Fsp3) is 0.0952. The van der Waals surface area contributed by atoms with Crippen molar-refractivity contribution >= 4 is 21.6 Å². The van der Waals surface area contributed by atoms with Gasteiger partial charge in [-0.2, -0.15) is 5.26 Å². The summed E-state index contributed by atoms with van der Waals surface area (Å²) < 4.78 is 38.6. The summed E-state index contributed by atoms with van der Waals surface area (Å²) in [5, 5.41) is 9.49. The van der Waals surface area contributed by atoms with Crippen molar-refractivity contribution in [1.82, 2.24) is 4.72 Å². The molecular formula is C21H17ClN2O4S. The number of methoxy groups -OCH3 is 1. The van der Waals surface area contributed by atoms with Crippen molar-refractivity contribution in [2.45, 2.75) is 11.4 Å². The Balaban J connectivity index is 1.74. The van der Waals surface area contributed by atoms with E-state index in [1.807, 2.05) is 18.2 Å². The summed E-state index contributed by atoms with van der Waals surface area (Å²) in [5.74, 6) is 1.28. The van der Waals surface area contributed by atoms with Gasteiger partial charge in [0.05, 0.1) is 17.0 Å². The second-order valence-electron chi connectivity index (χ2n) is 5.93. The molecule has 0 aliphatic rings. The summed E-state index contributed by atoms with van der Waals surface area (Å²) in [4.78, 5) is 0.0892. The molecule has 0 aliphatic carbocycles. The van der Waals surface area contributed by atoms with Gasteiger partial charge in [0, 0.05) is 12.1 Å². The molecular weight excluding hydrogens is 412 g/mol. The van der Waals surface area contributed by atoms with Crippen molar-refractivity contribution in [3.05, 3.63) is 82.9 Å². The zero-order chi connectivity index (χ0) is 20.9. The van der Waals surface area contributed by atoms with E-state index in [-0.39, 0.29) is 22.0 Å². The number of nitrogens with zero attached hydrogens (tertiary/aromatic N) is 1. The van der Waals surface area contributed by atoms with Crippen LogP contribution in [0.4, 0.5) is 0 Å². The van der Waals surface area contributed by atoms with Crippen LogP contribution in [-0.4, -0.2) is 15.5 Å². The third-order valence-electron chi connectivity index (χ3n) is 4.09. The molecule has 0 atom stereocenters. The molecule has 0 radical (unpaired) electrons. The number of halogens is 1. The smallest absolute Gasteiger partial charge is 0.240 e. The number of hydrogen-bond acceptors (Lipinski definition) is 5. The topological polar surface area (TPSA) is 88.4 Å². The van der Waals surface area contributed by atoms with Crippen LogP contribution in [0.25, 0.3) is 0 Å². The monoisotopic (exact) mass is 428 g/mol. The molecule has 1 N–H and O–H groups in total. The maximum absolute atomic E-state index is 12.6. The van der Waals surface area contributed by atoms with Crippen LogP contribution in [0.15, 0.2) is 71.6 Å². The van der Waals surface area contributed by atoms with E-state index in [0.717, 1.165) is 5.56 Å². The molecule has 6 nitrogen and oxygen atoms in total. The molecule has 3 rings (SSSR count). The molecule has 0 aliphatic heterocycles. The van der Waals surface area contributed by atoms with E-state index in [4.69, 9.17) is 21.1 Å². The molecule has 3 aromatic carbocycles. The Hall–Kier alpha value is -3.05. The van der Waals surface area contributed by atoms with Crippen LogP contribution in [0, 0.1) is 11.3 Å². The summed E-state index contributed by atoms with van der Waals surface area (Å²) in [5.41, 5.74) is 0.938. The molecule has 8 heteroatoms. The number of nitriles is 1. The van der Waals surface area contributed by atoms with Gasteiger partial charge in [-0.3, -0.25) is 0 Å². The number of hydrogen-bond donors (Lipinski definition) is 1. The molecule has 0 aromatic heterocycles. The highest BCUT2D eigenvalue weighted by Crippen LogP contribution is 2.30. The Morgan fingerprint density at radius 3 is 2.38 bits per heavy atom. The minimum Gasteiger partial charge on any atom is -0.496 e. The zero-order valence-electron chi connectivity index (χ0n) is 15.4. The van der Waals surface area contributed by atoms with Gasteiger partial charge in [0.1, 0.15) is 28.9 Å². The van der Waals surface area contributed by atoms with E-state index >= 15 is 0 Å². The van der Waals surface area contributed by atoms with Gasteiger partial charge in [0.25, 0.3) is 0 Å². The lowest BCUT2D eigenvalue weighted by molar-refractivity contribution is 0.409. The fourth-order valence-electron chi connectivity index (χ4n) is 2.62. The molecule has 0 amide bonds. The average molecular weight is 429 g/mol. The average Bonchev–Trinajstić information content (AvgIpc) is 2.73. The van der Waals surface area contributed by atoms with Gasteiger partial charge < -0.3 is 9.47 Å². The summed E-state index contributed by atoms with van der Waals surface area (Å²) in [6.45, 7) is 0.0959. The highest BCUT2D eigenvalue weighted by atomic mass is 35.5. The second-order valence-corrected chi connectivity index (χ2v) is 8.11. The Kier molecular flexibility index (Phi) is 6.39. The quantitative estimate of drug-likeness (QED) is 0.598. The first-order valence-electron chi connectivity index (χ1n) is 8.52. The van der Waals surface area contributed by atoms with Crippen molar-refractivity contribution in [3.63, 3.8) is 0 Å². The van der Waals surface area contributed by atoms with E-state index < -0.39 is 10.0 Å². The predicted molar refractivity (Wildman–Crippen MR) is 110 cm³/mol. The predicted octanol–water partition coefficient (Wildman–Crippen LogP) is 4.49. The minimum absolute atomic E-state index is 0.0892. The number of benzene rings is 3. The van der Waals surface area contributed by atoms with Crippen LogP contribution in [-0.2, 0) is 16.6 Å². The first-order valence-corrected chi connectivity index (χ1v) is 10.4. The highest BCUT2D eigenvalue weighted by Gasteiger charge is 2.15. The van der Waals surface area contributed by atoms with Crippen molar-refractivity contribution in [1.29, 1.82) is 5.26 Å². The fourth-order valence-corrected chi connectivity index (χ4v) is 3.83. The van der Waals surface area contributed by atoms with Gasteiger partial charge in [0.2, 0.25) is 10.0 Å². The Bertz CT molecular complexity index is 1160. The van der Waals surface area contributed by atoms with Crippen molar-refractivity contribution in [2.24, 2.45) is 0 Å². The largest absolute Gasteiger partial charge is 0.496 e. The van der Waals surface area contributed by atoms with Crippen LogP contribution in [0.2, 0.25) is 5.02 Å². The molecule has 0 unspecified atom stereocenters. The lowest BCUT2D eigenvalue weighted by atomic mass is 10.2. The molecule has 0 saturated carbocycles. The number of para-hydroxylation sites is 1. The third-order valence-corrected chi connectivity index (χ3v) is 5.83. The lowest BCUT2D eigenvalue weighted by Crippen LogP contribution is -2.23. The molecule has 29 heavy (non-hydrogen) atoms. The molecule has 0 fully saturated rings. The molecule has 0 spiro atoms. The lowest BCUT2D eigenvalue weighted by Gasteiger charge is -2.11. The van der Waals surface area contributed by atoms with Gasteiger partial charge in [0.15, 0.2) is 0 Å². The van der Waals surface area contributed by atoms with E-state index in [0.29, 0.717) is 17.2 Å². The molecule has 148 valence electrons. The van der Waals surface area contributed by atoms with Gasteiger partial charge in [-0.25, -0.2) is 13.1 Å². The maximum atomic E-state index is 12.6. The molecule has 0 saturated heterocycles. The number of rotatable bonds is 7. The van der Waals surface area contributed by atoms with Crippen LogP contribution in [0.3, 0.4) is 0 Å². The molecule has 0 heterocycles. The summed E-state index contributed by atoms with van der Waals surface area (Å²) in [6, 6.07) is 19.9. The summed E-state index contributed by atoms with van der Waals surface area (Å²) >= 11 is 5.99. The zero-order valence-corrected chi connectivity index (χ0v) is 17.0. The van der Waals surface area contributed by atoms with Crippen molar-refractivity contribution < 1.29 is 17.9 Å². The van der Waals surface area contributed by atoms with Gasteiger partial charge >= 0.3 is 0 Å². The van der Waals surface area contributed by atoms with E-state index in [1.165, 1.54) is 31.4 Å². The van der Waals surface area contributed by atoms with Crippen LogP contribution < -0.4 is 14.2 Å². The normalized spacial score (nSPS) is 10.9. The Morgan fingerprint density at radius 1 is 1.00 bits per heavy atom. The second kappa shape index (κ2) is 8.97. The minimum atomic E-state index is -3.73. The SMILES string of the molecule is COc1ccccc1CNS(=O)(=O)c1ccc(Oc2cccc(Cl)c2C#N)cc1. The maximum Gasteiger partial charge on any atom is 0.240 e. The summed E-state index contributed by atoms with van der Waals surface area (Å²) in [6.07, 6.45) is 0. The van der Waals surface area contributed by atoms with Gasteiger partial charge in [-0.15, -0.1) is 0 Å². The third kappa shape index (κ3) is 4.87. The molecule has 3 aromatic rings. The Morgan fingerprint density at radius 2 is 1.69 bits per heavy atom. The summed E-state index contributed by atoms with van der Waals surface area (Å²) in [7, 11) is -2.20. The standard InChI is InChI=1S/C21H17ClN2O4S/c1-27-20-7-3-2-5-15(20)14-24-29(25,26)17-11-9-16(10-12-17)28-21-8-4-6-19(22)18(21)13-23/h2-12,24H,14H2,1H3. The van der Waals surface area contributed by atoms with Gasteiger partial charge in [-0.05, 0) is 42.5 Å². The van der Waals surface area contributed by atoms with Crippen LogP contribution in [0.1, 0.15) is 11.1 Å². The van der Waals surface area contributed by atoms with Crippen molar-refractivity contribution in [3.8, 4) is 23.3 Å². The first-order chi connectivity index (χ1) is 13.9. The molecule has 0 bridgehead atoms. The Labute approximate surface area is 174 Å². The van der Waals surface area contributed by atoms with Crippen molar-refractivity contribution in [2.75, 3.05) is 7.11 Å². The van der Waals surface area contributed by atoms with Gasteiger partial charge in [-0.1, -0.05) is 35.9 Å². The van der Waals surface area contributed by atoms with E-state index in [2.05, 4.69) is 4.72 Å². The number of sulfonamides is 1. The van der Waals surface area contributed by atoms with E-state index in [9.17, 15) is 13.7 Å². The van der Waals surface area contributed by atoms with E-state index in [1.54, 1.807) is 30.3 Å².